The Balaban J connectivity index is 1.91. The zero-order valence-corrected chi connectivity index (χ0v) is 11.6. The lowest BCUT2D eigenvalue weighted by Gasteiger charge is -2.29. The van der Waals surface area contributed by atoms with E-state index in [2.05, 4.69) is 24.4 Å². The maximum atomic E-state index is 10.5. The number of hydrogen-bond donors (Lipinski definition) is 2. The quantitative estimate of drug-likeness (QED) is 0.857. The molecule has 1 saturated carbocycles. The Morgan fingerprint density at radius 2 is 1.78 bits per heavy atom. The van der Waals surface area contributed by atoms with Crippen LogP contribution in [0, 0.1) is 6.92 Å². The van der Waals surface area contributed by atoms with Crippen molar-refractivity contribution in [1.82, 2.24) is 5.32 Å². The number of hydrogen-bond acceptors (Lipinski definition) is 2. The van der Waals surface area contributed by atoms with Crippen LogP contribution in [-0.2, 0) is 5.60 Å². The lowest BCUT2D eigenvalue weighted by Crippen LogP contribution is -2.41. The first-order valence-corrected chi connectivity index (χ1v) is 7.11. The summed E-state index contributed by atoms with van der Waals surface area (Å²) in [6.45, 7) is 4.60. The smallest absolute Gasteiger partial charge is 0.0992 e. The second kappa shape index (κ2) is 5.85. The molecule has 2 N–H and O–H groups in total. The van der Waals surface area contributed by atoms with Crippen LogP contribution in [0.3, 0.4) is 0 Å². The van der Waals surface area contributed by atoms with Gasteiger partial charge in [0.1, 0.15) is 0 Å². The van der Waals surface area contributed by atoms with Crippen LogP contribution in [0.2, 0.25) is 0 Å². The molecule has 1 aliphatic rings. The van der Waals surface area contributed by atoms with Gasteiger partial charge in [-0.1, -0.05) is 49.1 Å². The fourth-order valence-electron chi connectivity index (χ4n) is 2.66. The van der Waals surface area contributed by atoms with Crippen molar-refractivity contribution in [2.75, 3.05) is 6.54 Å². The third-order valence-electron chi connectivity index (χ3n) is 4.01. The zero-order valence-electron chi connectivity index (χ0n) is 11.6. The molecule has 100 valence electrons. The normalized spacial score (nSPS) is 20.6. The molecule has 1 aromatic carbocycles. The van der Waals surface area contributed by atoms with Crippen LogP contribution < -0.4 is 5.32 Å². The second-order valence-corrected chi connectivity index (χ2v) is 5.86. The Morgan fingerprint density at radius 3 is 2.39 bits per heavy atom. The summed E-state index contributed by atoms with van der Waals surface area (Å²) >= 11 is 0. The molecule has 0 amide bonds. The van der Waals surface area contributed by atoms with Gasteiger partial charge in [0.25, 0.3) is 0 Å². The minimum absolute atomic E-state index is 0.593. The van der Waals surface area contributed by atoms with Gasteiger partial charge in [0.15, 0.2) is 0 Å². The van der Waals surface area contributed by atoms with Gasteiger partial charge in [-0.2, -0.15) is 0 Å². The van der Waals surface area contributed by atoms with Crippen LogP contribution in [0.25, 0.3) is 0 Å². The lowest BCUT2D eigenvalue weighted by atomic mass is 9.92. The first kappa shape index (κ1) is 13.6. The maximum Gasteiger partial charge on any atom is 0.0992 e. The van der Waals surface area contributed by atoms with Gasteiger partial charge in [-0.25, -0.2) is 0 Å². The summed E-state index contributed by atoms with van der Waals surface area (Å²) in [6.07, 6.45) is 6.52. The highest BCUT2D eigenvalue weighted by atomic mass is 16.3. The highest BCUT2D eigenvalue weighted by Crippen LogP contribution is 2.22. The van der Waals surface area contributed by atoms with Crippen LogP contribution in [0.1, 0.15) is 50.2 Å². The summed E-state index contributed by atoms with van der Waals surface area (Å²) in [4.78, 5) is 0. The molecule has 0 aromatic heterocycles. The molecule has 1 fully saturated rings. The van der Waals surface area contributed by atoms with Gasteiger partial charge in [0, 0.05) is 12.6 Å². The molecule has 0 spiro atoms. The molecule has 0 saturated heterocycles. The van der Waals surface area contributed by atoms with Crippen molar-refractivity contribution in [3.63, 3.8) is 0 Å². The third kappa shape index (κ3) is 3.56. The largest absolute Gasteiger partial charge is 0.384 e. The van der Waals surface area contributed by atoms with Gasteiger partial charge in [0.05, 0.1) is 5.60 Å². The van der Waals surface area contributed by atoms with Gasteiger partial charge in [-0.05, 0) is 32.3 Å². The van der Waals surface area contributed by atoms with Crippen molar-refractivity contribution in [2.45, 2.75) is 57.6 Å². The summed E-state index contributed by atoms with van der Waals surface area (Å²) in [5, 5.41) is 14.1. The Morgan fingerprint density at radius 1 is 1.17 bits per heavy atom. The molecule has 2 heteroatoms. The molecule has 1 aliphatic carbocycles. The monoisotopic (exact) mass is 247 g/mol. The van der Waals surface area contributed by atoms with Gasteiger partial charge in [0.2, 0.25) is 0 Å². The Bertz CT molecular complexity index is 363. The fraction of sp³-hybridized carbons (Fsp3) is 0.625. The topological polar surface area (TPSA) is 32.3 Å². The molecule has 2 nitrogen and oxygen atoms in total. The Kier molecular flexibility index (Phi) is 4.41. The van der Waals surface area contributed by atoms with E-state index in [1.165, 1.54) is 37.7 Å². The minimum Gasteiger partial charge on any atom is -0.384 e. The molecule has 18 heavy (non-hydrogen) atoms. The Hall–Kier alpha value is -0.860. The van der Waals surface area contributed by atoms with Crippen molar-refractivity contribution < 1.29 is 5.11 Å². The molecule has 2 rings (SSSR count). The van der Waals surface area contributed by atoms with Crippen molar-refractivity contribution in [2.24, 2.45) is 0 Å². The molecule has 0 radical (unpaired) electrons. The number of aliphatic hydroxyl groups is 1. The van der Waals surface area contributed by atoms with E-state index < -0.39 is 5.60 Å². The molecular formula is C16H25NO. The van der Waals surface area contributed by atoms with Crippen LogP contribution in [0.4, 0.5) is 0 Å². The zero-order chi connectivity index (χ0) is 13.0. The molecule has 0 heterocycles. The van der Waals surface area contributed by atoms with Crippen molar-refractivity contribution >= 4 is 0 Å². The summed E-state index contributed by atoms with van der Waals surface area (Å²) in [5.74, 6) is 0. The molecule has 0 bridgehead atoms. The summed E-state index contributed by atoms with van der Waals surface area (Å²) in [5.41, 5.74) is 1.46. The summed E-state index contributed by atoms with van der Waals surface area (Å²) in [7, 11) is 0. The van der Waals surface area contributed by atoms with E-state index in [1.54, 1.807) is 0 Å². The van der Waals surface area contributed by atoms with Crippen LogP contribution in [-0.4, -0.2) is 17.7 Å². The average molecular weight is 247 g/mol. The molecular weight excluding hydrogens is 222 g/mol. The summed E-state index contributed by atoms with van der Waals surface area (Å²) < 4.78 is 0. The van der Waals surface area contributed by atoms with E-state index in [4.69, 9.17) is 0 Å². The second-order valence-electron chi connectivity index (χ2n) is 5.86. The van der Waals surface area contributed by atoms with Gasteiger partial charge >= 0.3 is 0 Å². The number of benzene rings is 1. The van der Waals surface area contributed by atoms with Crippen molar-refractivity contribution in [1.29, 1.82) is 0 Å². The van der Waals surface area contributed by atoms with Crippen molar-refractivity contribution in [3.05, 3.63) is 35.4 Å². The number of nitrogens with one attached hydrogen (secondary N) is 1. The predicted molar refractivity (Wildman–Crippen MR) is 75.6 cm³/mol. The standard InChI is InChI=1S/C16H25NO/c1-13-8-10-14(11-9-13)16(2,18)12-17-15-6-4-3-5-7-15/h8-11,15,17-18H,3-7,12H2,1-2H3. The number of rotatable bonds is 4. The Labute approximate surface area is 110 Å². The van der Waals surface area contributed by atoms with E-state index in [9.17, 15) is 5.11 Å². The SMILES string of the molecule is Cc1ccc(C(C)(O)CNC2CCCCC2)cc1. The van der Waals surface area contributed by atoms with E-state index in [0.717, 1.165) is 5.56 Å². The third-order valence-corrected chi connectivity index (χ3v) is 4.01. The molecule has 1 aromatic rings. The highest BCUT2D eigenvalue weighted by Gasteiger charge is 2.24. The van der Waals surface area contributed by atoms with E-state index in [1.807, 2.05) is 19.1 Å². The molecule has 1 atom stereocenters. The van der Waals surface area contributed by atoms with Gasteiger partial charge in [-0.3, -0.25) is 0 Å². The number of aryl methyl sites for hydroxylation is 1. The maximum absolute atomic E-state index is 10.5. The summed E-state index contributed by atoms with van der Waals surface area (Å²) in [6, 6.07) is 8.76. The van der Waals surface area contributed by atoms with Crippen molar-refractivity contribution in [3.8, 4) is 0 Å². The van der Waals surface area contributed by atoms with E-state index in [0.29, 0.717) is 12.6 Å². The van der Waals surface area contributed by atoms with Gasteiger partial charge in [-0.15, -0.1) is 0 Å². The van der Waals surface area contributed by atoms with Crippen LogP contribution >= 0.6 is 0 Å². The minimum atomic E-state index is -0.773. The fourth-order valence-corrected chi connectivity index (χ4v) is 2.66. The molecule has 0 aliphatic heterocycles. The van der Waals surface area contributed by atoms with E-state index >= 15 is 0 Å². The van der Waals surface area contributed by atoms with Crippen LogP contribution in [0.5, 0.6) is 0 Å². The predicted octanol–water partition coefficient (Wildman–Crippen LogP) is 3.12. The molecule has 1 unspecified atom stereocenters. The van der Waals surface area contributed by atoms with Gasteiger partial charge < -0.3 is 10.4 Å². The average Bonchev–Trinajstić information content (AvgIpc) is 2.38. The lowest BCUT2D eigenvalue weighted by molar-refractivity contribution is 0.0522. The highest BCUT2D eigenvalue weighted by molar-refractivity contribution is 5.26. The van der Waals surface area contributed by atoms with E-state index in [-0.39, 0.29) is 0 Å². The first-order chi connectivity index (χ1) is 8.58. The van der Waals surface area contributed by atoms with Crippen LogP contribution in [0.15, 0.2) is 24.3 Å². The first-order valence-electron chi connectivity index (χ1n) is 7.11.